The second-order valence-electron chi connectivity index (χ2n) is 4.86. The number of carbonyl (C=O) groups excluding carboxylic acids is 1. The summed E-state index contributed by atoms with van der Waals surface area (Å²) >= 11 is 1.45. The van der Waals surface area contributed by atoms with Crippen molar-refractivity contribution in [2.24, 2.45) is 0 Å². The van der Waals surface area contributed by atoms with Crippen LogP contribution in [0.25, 0.3) is 0 Å². The van der Waals surface area contributed by atoms with Gasteiger partial charge < -0.3 is 5.32 Å². The summed E-state index contributed by atoms with van der Waals surface area (Å²) in [6.07, 6.45) is 0. The second kappa shape index (κ2) is 7.56. The summed E-state index contributed by atoms with van der Waals surface area (Å²) in [5.74, 6) is 1.54. The monoisotopic (exact) mass is 316 g/mol. The summed E-state index contributed by atoms with van der Waals surface area (Å²) in [6, 6.07) is 8.98. The van der Waals surface area contributed by atoms with E-state index in [1.807, 2.05) is 19.9 Å². The van der Waals surface area contributed by atoms with Crippen molar-refractivity contribution in [2.75, 3.05) is 11.1 Å². The minimum Gasteiger partial charge on any atom is -0.325 e. The summed E-state index contributed by atoms with van der Waals surface area (Å²) < 4.78 is 1.74. The number of aromatic nitrogens is 4. The Labute approximate surface area is 132 Å². The maximum absolute atomic E-state index is 11.9. The Balaban J connectivity index is 1.80. The highest BCUT2D eigenvalue weighted by Gasteiger charge is 2.10. The molecule has 0 fully saturated rings. The molecule has 0 saturated heterocycles. The number of tetrazole rings is 1. The first-order valence-corrected chi connectivity index (χ1v) is 7.90. The van der Waals surface area contributed by atoms with Gasteiger partial charge in [0.15, 0.2) is 5.82 Å². The third-order valence-corrected chi connectivity index (χ3v) is 3.74. The Morgan fingerprint density at radius 1 is 1.41 bits per heavy atom. The van der Waals surface area contributed by atoms with Gasteiger partial charge in [-0.3, -0.25) is 4.79 Å². The highest BCUT2D eigenvalue weighted by molar-refractivity contribution is 7.99. The molecule has 1 N–H and O–H groups in total. The van der Waals surface area contributed by atoms with Gasteiger partial charge in [-0.15, -0.1) is 16.9 Å². The highest BCUT2D eigenvalue weighted by atomic mass is 32.2. The fourth-order valence-electron chi connectivity index (χ4n) is 1.77. The maximum atomic E-state index is 11.9. The first kappa shape index (κ1) is 16.0. The van der Waals surface area contributed by atoms with Crippen LogP contribution in [0.4, 0.5) is 5.69 Å². The molecule has 2 rings (SSSR count). The fraction of sp³-hybridized carbons (Fsp3) is 0.357. The van der Waals surface area contributed by atoms with E-state index in [2.05, 4.69) is 20.8 Å². The lowest BCUT2D eigenvalue weighted by Crippen LogP contribution is -2.14. The average Bonchev–Trinajstić information content (AvgIpc) is 2.97. The molecule has 2 aromatic rings. The largest absolute Gasteiger partial charge is 0.325 e. The molecule has 0 spiro atoms. The van der Waals surface area contributed by atoms with Crippen molar-refractivity contribution in [1.29, 1.82) is 5.26 Å². The van der Waals surface area contributed by atoms with Gasteiger partial charge in [-0.1, -0.05) is 0 Å². The van der Waals surface area contributed by atoms with Crippen molar-refractivity contribution in [3.8, 4) is 6.07 Å². The molecule has 8 heteroatoms. The molecule has 1 heterocycles. The summed E-state index contributed by atoms with van der Waals surface area (Å²) in [7, 11) is 0. The van der Waals surface area contributed by atoms with E-state index in [-0.39, 0.29) is 11.9 Å². The lowest BCUT2D eigenvalue weighted by molar-refractivity contribution is -0.113. The minimum absolute atomic E-state index is 0.0988. The number of rotatable bonds is 6. The molecule has 1 aromatic heterocycles. The Kier molecular flexibility index (Phi) is 5.49. The number of nitrogens with one attached hydrogen (secondary N) is 1. The first-order chi connectivity index (χ1) is 10.6. The Bertz CT molecular complexity index is 673. The van der Waals surface area contributed by atoms with Crippen LogP contribution in [-0.2, 0) is 10.5 Å². The van der Waals surface area contributed by atoms with E-state index in [1.165, 1.54) is 11.8 Å². The molecule has 7 nitrogen and oxygen atoms in total. The number of benzene rings is 1. The normalized spacial score (nSPS) is 10.5. The summed E-state index contributed by atoms with van der Waals surface area (Å²) in [5, 5.41) is 23.0. The van der Waals surface area contributed by atoms with Gasteiger partial charge in [-0.2, -0.15) is 5.26 Å². The molecule has 0 radical (unpaired) electrons. The van der Waals surface area contributed by atoms with Crippen LogP contribution in [0.15, 0.2) is 24.3 Å². The number of nitrogens with zero attached hydrogens (tertiary/aromatic N) is 5. The van der Waals surface area contributed by atoms with E-state index in [4.69, 9.17) is 5.26 Å². The molecule has 0 aliphatic carbocycles. The zero-order valence-electron chi connectivity index (χ0n) is 12.4. The van der Waals surface area contributed by atoms with Crippen molar-refractivity contribution in [3.63, 3.8) is 0 Å². The second-order valence-corrected chi connectivity index (χ2v) is 5.85. The summed E-state index contributed by atoms with van der Waals surface area (Å²) in [5.41, 5.74) is 1.24. The number of thioether (sulfide) groups is 1. The zero-order chi connectivity index (χ0) is 15.9. The zero-order valence-corrected chi connectivity index (χ0v) is 13.2. The molecule has 114 valence electrons. The van der Waals surface area contributed by atoms with Gasteiger partial charge in [0.05, 0.1) is 29.2 Å². The standard InChI is InChI=1S/C14H16N6OS/c1-10(2)20-13(17-18-19-20)8-22-9-14(21)16-12-5-3-11(7-15)4-6-12/h3-6,10H,8-9H2,1-2H3,(H,16,21). The van der Waals surface area contributed by atoms with Crippen LogP contribution < -0.4 is 5.32 Å². The van der Waals surface area contributed by atoms with E-state index >= 15 is 0 Å². The molecule has 0 aliphatic rings. The molecule has 0 unspecified atom stereocenters. The maximum Gasteiger partial charge on any atom is 0.234 e. The van der Waals surface area contributed by atoms with Crippen molar-refractivity contribution in [1.82, 2.24) is 20.2 Å². The van der Waals surface area contributed by atoms with Gasteiger partial charge in [0.1, 0.15) is 0 Å². The molecule has 0 saturated carbocycles. The fourth-order valence-corrected chi connectivity index (χ4v) is 2.50. The topological polar surface area (TPSA) is 96.5 Å². The summed E-state index contributed by atoms with van der Waals surface area (Å²) in [6.45, 7) is 4.00. The smallest absolute Gasteiger partial charge is 0.234 e. The number of hydrogen-bond donors (Lipinski definition) is 1. The van der Waals surface area contributed by atoms with Crippen molar-refractivity contribution < 1.29 is 4.79 Å². The third-order valence-electron chi connectivity index (χ3n) is 2.81. The van der Waals surface area contributed by atoms with E-state index in [1.54, 1.807) is 28.9 Å². The van der Waals surface area contributed by atoms with E-state index in [0.29, 0.717) is 22.8 Å². The van der Waals surface area contributed by atoms with Gasteiger partial charge in [-0.05, 0) is 48.5 Å². The lowest BCUT2D eigenvalue weighted by Gasteiger charge is -2.07. The van der Waals surface area contributed by atoms with Gasteiger partial charge in [0.2, 0.25) is 5.91 Å². The first-order valence-electron chi connectivity index (χ1n) is 6.74. The quantitative estimate of drug-likeness (QED) is 0.875. The Morgan fingerprint density at radius 3 is 2.77 bits per heavy atom. The lowest BCUT2D eigenvalue weighted by atomic mass is 10.2. The van der Waals surface area contributed by atoms with E-state index < -0.39 is 0 Å². The SMILES string of the molecule is CC(C)n1nnnc1CSCC(=O)Nc1ccc(C#N)cc1. The number of nitriles is 1. The minimum atomic E-state index is -0.0988. The van der Waals surface area contributed by atoms with Crippen molar-refractivity contribution in [2.45, 2.75) is 25.6 Å². The number of hydrogen-bond acceptors (Lipinski definition) is 6. The molecule has 1 amide bonds. The molecule has 0 bridgehead atoms. The summed E-state index contributed by atoms with van der Waals surface area (Å²) in [4.78, 5) is 11.9. The van der Waals surface area contributed by atoms with Crippen molar-refractivity contribution in [3.05, 3.63) is 35.7 Å². The van der Waals surface area contributed by atoms with Gasteiger partial charge in [0.25, 0.3) is 0 Å². The number of carbonyl (C=O) groups is 1. The van der Waals surface area contributed by atoms with Crippen LogP contribution in [0.5, 0.6) is 0 Å². The van der Waals surface area contributed by atoms with Crippen LogP contribution in [0.2, 0.25) is 0 Å². The van der Waals surface area contributed by atoms with E-state index in [0.717, 1.165) is 5.82 Å². The predicted octanol–water partition coefficient (Wildman–Crippen LogP) is 2.00. The number of anilines is 1. The molecule has 0 aliphatic heterocycles. The average molecular weight is 316 g/mol. The van der Waals surface area contributed by atoms with Crippen LogP contribution in [0.1, 0.15) is 31.3 Å². The Morgan fingerprint density at radius 2 is 2.14 bits per heavy atom. The van der Waals surface area contributed by atoms with Crippen LogP contribution in [-0.4, -0.2) is 31.9 Å². The van der Waals surface area contributed by atoms with Crippen LogP contribution >= 0.6 is 11.8 Å². The third kappa shape index (κ3) is 4.30. The van der Waals surface area contributed by atoms with E-state index in [9.17, 15) is 4.79 Å². The van der Waals surface area contributed by atoms with Crippen molar-refractivity contribution >= 4 is 23.4 Å². The van der Waals surface area contributed by atoms with Gasteiger partial charge >= 0.3 is 0 Å². The highest BCUT2D eigenvalue weighted by Crippen LogP contribution is 2.14. The molecular weight excluding hydrogens is 300 g/mol. The van der Waals surface area contributed by atoms with Crippen LogP contribution in [0.3, 0.4) is 0 Å². The van der Waals surface area contributed by atoms with Gasteiger partial charge in [0, 0.05) is 5.69 Å². The molecule has 22 heavy (non-hydrogen) atoms. The molecule has 1 aromatic carbocycles. The number of amides is 1. The predicted molar refractivity (Wildman–Crippen MR) is 84.2 cm³/mol. The van der Waals surface area contributed by atoms with Gasteiger partial charge in [-0.25, -0.2) is 4.68 Å². The Hall–Kier alpha value is -2.40. The molecular formula is C14H16N6OS. The van der Waals surface area contributed by atoms with Crippen LogP contribution in [0, 0.1) is 11.3 Å². The molecule has 0 atom stereocenters.